The number of hydrogen-bond donors (Lipinski definition) is 0. The highest BCUT2D eigenvalue weighted by Crippen LogP contribution is 2.35. The number of allylic oxidation sites excluding steroid dienone is 1. The number of aryl methyl sites for hydroxylation is 1. The molecular formula is C52H39N3. The zero-order valence-corrected chi connectivity index (χ0v) is 30.8. The molecule has 0 fully saturated rings. The van der Waals surface area contributed by atoms with Crippen molar-refractivity contribution in [3.63, 3.8) is 0 Å². The normalized spacial score (nSPS) is 14.8. The molecule has 8 aromatic rings. The number of benzene rings is 6. The molecule has 6 aromatic carbocycles. The molecule has 2 aliphatic rings. The van der Waals surface area contributed by atoms with Crippen LogP contribution in [0.5, 0.6) is 0 Å². The summed E-state index contributed by atoms with van der Waals surface area (Å²) in [5.41, 5.74) is 16.0. The molecule has 55 heavy (non-hydrogen) atoms. The quantitative estimate of drug-likeness (QED) is 0.173. The number of hydrogen-bond acceptors (Lipinski definition) is 3. The predicted molar refractivity (Wildman–Crippen MR) is 227 cm³/mol. The molecule has 2 aromatic heterocycles. The van der Waals surface area contributed by atoms with E-state index in [0.29, 0.717) is 5.92 Å². The molecule has 262 valence electrons. The molecule has 2 heterocycles. The summed E-state index contributed by atoms with van der Waals surface area (Å²) in [4.78, 5) is 15.2. The number of nitrogens with zero attached hydrogens (tertiary/aromatic N) is 3. The second-order valence-corrected chi connectivity index (χ2v) is 14.8. The Hall–Kier alpha value is -6.71. The Morgan fingerprint density at radius 1 is 0.545 bits per heavy atom. The first kappa shape index (κ1) is 32.9. The number of rotatable bonds is 6. The highest BCUT2D eigenvalue weighted by atomic mass is 14.9. The van der Waals surface area contributed by atoms with Crippen molar-refractivity contribution in [1.82, 2.24) is 15.0 Å². The SMILES string of the molecule is CC1C=c2ccccc2=C(c2cccc(-c3nc(-c4ccc(C5=CCCc6ccccc65)cc4)cc(-c4ccc(-c5cnc6ccccc6c5)cc4)n3)c2)C1. The molecule has 0 aliphatic heterocycles. The highest BCUT2D eigenvalue weighted by molar-refractivity contribution is 5.85. The largest absolute Gasteiger partial charge is 0.256 e. The number of aromatic nitrogens is 3. The first-order valence-corrected chi connectivity index (χ1v) is 19.3. The Bertz CT molecular complexity index is 2900. The maximum Gasteiger partial charge on any atom is 0.160 e. The van der Waals surface area contributed by atoms with Crippen molar-refractivity contribution in [2.24, 2.45) is 5.92 Å². The molecule has 3 nitrogen and oxygen atoms in total. The summed E-state index contributed by atoms with van der Waals surface area (Å²) in [5, 5.41) is 3.75. The summed E-state index contributed by atoms with van der Waals surface area (Å²) in [5.74, 6) is 1.18. The number of pyridine rings is 1. The van der Waals surface area contributed by atoms with Crippen LogP contribution in [0.3, 0.4) is 0 Å². The molecular weight excluding hydrogens is 667 g/mol. The van der Waals surface area contributed by atoms with E-state index >= 15 is 0 Å². The van der Waals surface area contributed by atoms with E-state index in [1.165, 1.54) is 43.8 Å². The third-order valence-electron chi connectivity index (χ3n) is 11.1. The fourth-order valence-corrected chi connectivity index (χ4v) is 8.35. The van der Waals surface area contributed by atoms with Crippen molar-refractivity contribution >= 4 is 28.1 Å². The van der Waals surface area contributed by atoms with Gasteiger partial charge >= 0.3 is 0 Å². The maximum absolute atomic E-state index is 5.27. The lowest BCUT2D eigenvalue weighted by molar-refractivity contribution is 0.785. The van der Waals surface area contributed by atoms with Gasteiger partial charge in [-0.05, 0) is 98.8 Å². The molecule has 0 N–H and O–H groups in total. The zero-order chi connectivity index (χ0) is 36.7. The molecule has 0 spiro atoms. The van der Waals surface area contributed by atoms with Crippen molar-refractivity contribution in [2.75, 3.05) is 0 Å². The van der Waals surface area contributed by atoms with Gasteiger partial charge in [0.1, 0.15) is 0 Å². The van der Waals surface area contributed by atoms with Crippen LogP contribution in [-0.4, -0.2) is 15.0 Å². The van der Waals surface area contributed by atoms with E-state index in [1.807, 2.05) is 18.3 Å². The van der Waals surface area contributed by atoms with Crippen LogP contribution in [0.1, 0.15) is 42.0 Å². The van der Waals surface area contributed by atoms with E-state index in [4.69, 9.17) is 15.0 Å². The first-order chi connectivity index (χ1) is 27.1. The molecule has 3 heteroatoms. The van der Waals surface area contributed by atoms with Gasteiger partial charge in [-0.25, -0.2) is 9.97 Å². The summed E-state index contributed by atoms with van der Waals surface area (Å²) >= 11 is 0. The molecule has 0 bridgehead atoms. The summed E-state index contributed by atoms with van der Waals surface area (Å²) in [6.07, 6.45) is 9.87. The molecule has 0 saturated heterocycles. The predicted octanol–water partition coefficient (Wildman–Crippen LogP) is 11.1. The lowest BCUT2D eigenvalue weighted by Gasteiger charge is -2.18. The third-order valence-corrected chi connectivity index (χ3v) is 11.1. The van der Waals surface area contributed by atoms with Gasteiger partial charge in [0.25, 0.3) is 0 Å². The Morgan fingerprint density at radius 2 is 1.24 bits per heavy atom. The van der Waals surface area contributed by atoms with Gasteiger partial charge in [-0.3, -0.25) is 4.98 Å². The van der Waals surface area contributed by atoms with Crippen molar-refractivity contribution in [3.05, 3.63) is 203 Å². The van der Waals surface area contributed by atoms with E-state index in [9.17, 15) is 0 Å². The van der Waals surface area contributed by atoms with Crippen molar-refractivity contribution in [3.8, 4) is 45.0 Å². The van der Waals surface area contributed by atoms with Crippen LogP contribution < -0.4 is 10.4 Å². The topological polar surface area (TPSA) is 38.7 Å². The summed E-state index contributed by atoms with van der Waals surface area (Å²) < 4.78 is 0. The van der Waals surface area contributed by atoms with Crippen LogP contribution in [0.4, 0.5) is 0 Å². The van der Waals surface area contributed by atoms with Gasteiger partial charge in [0, 0.05) is 33.8 Å². The van der Waals surface area contributed by atoms with Gasteiger partial charge < -0.3 is 0 Å². The van der Waals surface area contributed by atoms with E-state index in [0.717, 1.165) is 75.2 Å². The van der Waals surface area contributed by atoms with Gasteiger partial charge in [-0.1, -0.05) is 153 Å². The van der Waals surface area contributed by atoms with Crippen LogP contribution in [-0.2, 0) is 6.42 Å². The van der Waals surface area contributed by atoms with Crippen LogP contribution in [0.25, 0.3) is 73.2 Å². The number of para-hydroxylation sites is 1. The van der Waals surface area contributed by atoms with Gasteiger partial charge in [0.2, 0.25) is 0 Å². The standard InChI is InChI=1S/C52H39N3/c1-34-28-40-11-3-6-17-47(40)48(29-34)41-14-8-15-43(30-41)52-54-50(38-24-20-35(21-25-38)44-31-42-12-4-7-19-49(42)53-33-44)32-51(55-52)39-26-22-37(23-27-39)46-18-9-13-36-10-2-5-16-45(36)46/h2-8,10-12,14-28,30-34H,9,13,29H2,1H3. The smallest absolute Gasteiger partial charge is 0.160 e. The lowest BCUT2D eigenvalue weighted by atomic mass is 9.87. The minimum atomic E-state index is 0.467. The van der Waals surface area contributed by atoms with Crippen LogP contribution in [0.2, 0.25) is 0 Å². The number of fused-ring (bicyclic) bond motifs is 3. The van der Waals surface area contributed by atoms with Crippen molar-refractivity contribution in [2.45, 2.75) is 26.2 Å². The molecule has 1 unspecified atom stereocenters. The second kappa shape index (κ2) is 13.9. The third kappa shape index (κ3) is 6.38. The van der Waals surface area contributed by atoms with Crippen LogP contribution in [0, 0.1) is 5.92 Å². The van der Waals surface area contributed by atoms with E-state index in [2.05, 4.69) is 165 Å². The van der Waals surface area contributed by atoms with Gasteiger partial charge in [-0.15, -0.1) is 0 Å². The average Bonchev–Trinajstić information content (AvgIpc) is 3.25. The molecule has 0 radical (unpaired) electrons. The fraction of sp³-hybridized carbons (Fsp3) is 0.0962. The zero-order valence-electron chi connectivity index (χ0n) is 30.8. The van der Waals surface area contributed by atoms with E-state index in [-0.39, 0.29) is 0 Å². The summed E-state index contributed by atoms with van der Waals surface area (Å²) in [6.45, 7) is 2.30. The highest BCUT2D eigenvalue weighted by Gasteiger charge is 2.17. The van der Waals surface area contributed by atoms with E-state index < -0.39 is 0 Å². The van der Waals surface area contributed by atoms with Crippen LogP contribution >= 0.6 is 0 Å². The summed E-state index contributed by atoms with van der Waals surface area (Å²) in [6, 6.07) is 56.5. The Morgan fingerprint density at radius 3 is 2.07 bits per heavy atom. The minimum Gasteiger partial charge on any atom is -0.256 e. The van der Waals surface area contributed by atoms with Gasteiger partial charge in [-0.2, -0.15) is 0 Å². The van der Waals surface area contributed by atoms with Crippen LogP contribution in [0.15, 0.2) is 170 Å². The van der Waals surface area contributed by atoms with Gasteiger partial charge in [0.15, 0.2) is 5.82 Å². The maximum atomic E-state index is 5.27. The Labute approximate surface area is 321 Å². The molecule has 0 saturated carbocycles. The molecule has 10 rings (SSSR count). The Balaban J connectivity index is 1.06. The summed E-state index contributed by atoms with van der Waals surface area (Å²) in [7, 11) is 0. The average molecular weight is 706 g/mol. The van der Waals surface area contributed by atoms with Gasteiger partial charge in [0.05, 0.1) is 16.9 Å². The second-order valence-electron chi connectivity index (χ2n) is 14.8. The molecule has 2 aliphatic carbocycles. The lowest BCUT2D eigenvalue weighted by Crippen LogP contribution is -2.31. The minimum absolute atomic E-state index is 0.467. The fourth-order valence-electron chi connectivity index (χ4n) is 8.35. The Kier molecular flexibility index (Phi) is 8.33. The first-order valence-electron chi connectivity index (χ1n) is 19.3. The van der Waals surface area contributed by atoms with Crippen molar-refractivity contribution in [1.29, 1.82) is 0 Å². The molecule has 0 amide bonds. The monoisotopic (exact) mass is 705 g/mol. The van der Waals surface area contributed by atoms with E-state index in [1.54, 1.807) is 0 Å². The molecule has 1 atom stereocenters. The van der Waals surface area contributed by atoms with Crippen molar-refractivity contribution < 1.29 is 0 Å².